The zero-order valence-electron chi connectivity index (χ0n) is 12.1. The fourth-order valence-electron chi connectivity index (χ4n) is 1.85. The van der Waals surface area contributed by atoms with E-state index in [1.165, 1.54) is 14.2 Å². The van der Waals surface area contributed by atoms with E-state index in [2.05, 4.69) is 10.1 Å². The first kappa shape index (κ1) is 16.2. The van der Waals surface area contributed by atoms with E-state index in [0.29, 0.717) is 12.1 Å². The van der Waals surface area contributed by atoms with Crippen LogP contribution in [0.15, 0.2) is 24.3 Å². The number of nitrogens with one attached hydrogen (secondary N) is 1. The van der Waals surface area contributed by atoms with Crippen molar-refractivity contribution in [3.05, 3.63) is 35.4 Å². The number of ether oxygens (including phenoxy) is 2. The van der Waals surface area contributed by atoms with Gasteiger partial charge >= 0.3 is 11.9 Å². The second-order valence-electron chi connectivity index (χ2n) is 4.43. The highest BCUT2D eigenvalue weighted by Gasteiger charge is 2.17. The molecule has 0 amide bonds. The lowest BCUT2D eigenvalue weighted by Gasteiger charge is -2.15. The van der Waals surface area contributed by atoms with E-state index in [-0.39, 0.29) is 18.0 Å². The van der Waals surface area contributed by atoms with Gasteiger partial charge < -0.3 is 14.8 Å². The first-order valence-electron chi connectivity index (χ1n) is 6.60. The Kier molecular flexibility index (Phi) is 6.73. The van der Waals surface area contributed by atoms with E-state index in [4.69, 9.17) is 4.74 Å². The molecule has 0 saturated heterocycles. The SMILES string of the molecule is CCC[C@@H](NCc1ccc(C(=O)OC)cc1)C(=O)OC. The second kappa shape index (κ2) is 8.32. The summed E-state index contributed by atoms with van der Waals surface area (Å²) >= 11 is 0. The molecule has 0 aromatic heterocycles. The van der Waals surface area contributed by atoms with E-state index in [0.717, 1.165) is 18.4 Å². The number of methoxy groups -OCH3 is 2. The molecule has 0 heterocycles. The molecule has 0 unspecified atom stereocenters. The van der Waals surface area contributed by atoms with Crippen LogP contribution in [0.5, 0.6) is 0 Å². The maximum Gasteiger partial charge on any atom is 0.337 e. The van der Waals surface area contributed by atoms with Gasteiger partial charge in [-0.2, -0.15) is 0 Å². The van der Waals surface area contributed by atoms with Crippen LogP contribution in [0, 0.1) is 0 Å². The third-order valence-corrected chi connectivity index (χ3v) is 2.99. The molecule has 0 aliphatic carbocycles. The largest absolute Gasteiger partial charge is 0.468 e. The van der Waals surface area contributed by atoms with Crippen LogP contribution in [0.25, 0.3) is 0 Å². The molecule has 110 valence electrons. The lowest BCUT2D eigenvalue weighted by atomic mass is 10.1. The summed E-state index contributed by atoms with van der Waals surface area (Å²) < 4.78 is 9.39. The smallest absolute Gasteiger partial charge is 0.337 e. The van der Waals surface area contributed by atoms with Gasteiger partial charge in [0.05, 0.1) is 19.8 Å². The van der Waals surface area contributed by atoms with Crippen molar-refractivity contribution in [2.75, 3.05) is 14.2 Å². The van der Waals surface area contributed by atoms with Crippen LogP contribution in [0.2, 0.25) is 0 Å². The molecule has 5 nitrogen and oxygen atoms in total. The standard InChI is InChI=1S/C15H21NO4/c1-4-5-13(15(18)20-3)16-10-11-6-8-12(9-7-11)14(17)19-2/h6-9,13,16H,4-5,10H2,1-3H3/t13-/m1/s1. The normalized spacial score (nSPS) is 11.8. The van der Waals surface area contributed by atoms with E-state index in [1.54, 1.807) is 12.1 Å². The third kappa shape index (κ3) is 4.66. The molecule has 0 aliphatic heterocycles. The molecule has 0 aliphatic rings. The predicted molar refractivity (Wildman–Crippen MR) is 75.3 cm³/mol. The molecule has 1 atom stereocenters. The average Bonchev–Trinajstić information content (AvgIpc) is 2.50. The van der Waals surface area contributed by atoms with Gasteiger partial charge in [0.2, 0.25) is 0 Å². The number of hydrogen-bond acceptors (Lipinski definition) is 5. The van der Waals surface area contributed by atoms with E-state index < -0.39 is 0 Å². The van der Waals surface area contributed by atoms with Crippen molar-refractivity contribution in [1.29, 1.82) is 0 Å². The third-order valence-electron chi connectivity index (χ3n) is 2.99. The van der Waals surface area contributed by atoms with E-state index in [1.807, 2.05) is 19.1 Å². The summed E-state index contributed by atoms with van der Waals surface area (Å²) in [7, 11) is 2.74. The van der Waals surface area contributed by atoms with Gasteiger partial charge in [-0.05, 0) is 24.1 Å². The molecule has 0 bridgehead atoms. The molecule has 1 aromatic carbocycles. The van der Waals surface area contributed by atoms with Crippen LogP contribution in [0.3, 0.4) is 0 Å². The number of esters is 2. The van der Waals surface area contributed by atoms with E-state index in [9.17, 15) is 9.59 Å². The van der Waals surface area contributed by atoms with Crippen LogP contribution in [-0.2, 0) is 20.8 Å². The summed E-state index contributed by atoms with van der Waals surface area (Å²) in [5, 5.41) is 3.16. The van der Waals surface area contributed by atoms with Gasteiger partial charge in [0.25, 0.3) is 0 Å². The highest BCUT2D eigenvalue weighted by Crippen LogP contribution is 2.07. The first-order valence-corrected chi connectivity index (χ1v) is 6.60. The summed E-state index contributed by atoms with van der Waals surface area (Å²) in [6.45, 7) is 2.56. The number of rotatable bonds is 7. The maximum atomic E-state index is 11.6. The van der Waals surface area contributed by atoms with Gasteiger partial charge in [0, 0.05) is 6.54 Å². The Hall–Kier alpha value is -1.88. The summed E-state index contributed by atoms with van der Waals surface area (Å²) in [5.41, 5.74) is 1.50. The van der Waals surface area contributed by atoms with E-state index >= 15 is 0 Å². The maximum absolute atomic E-state index is 11.6. The minimum atomic E-state index is -0.358. The van der Waals surface area contributed by atoms with Crippen LogP contribution >= 0.6 is 0 Å². The Bertz CT molecular complexity index is 442. The topological polar surface area (TPSA) is 64.6 Å². The van der Waals surface area contributed by atoms with Gasteiger partial charge in [-0.15, -0.1) is 0 Å². The van der Waals surface area contributed by atoms with Crippen LogP contribution < -0.4 is 5.32 Å². The molecule has 5 heteroatoms. The zero-order valence-corrected chi connectivity index (χ0v) is 12.1. The summed E-state index contributed by atoms with van der Waals surface area (Å²) in [6, 6.07) is 6.77. The van der Waals surface area contributed by atoms with Crippen molar-refractivity contribution < 1.29 is 19.1 Å². The Labute approximate surface area is 119 Å². The molecule has 0 fully saturated rings. The molecule has 20 heavy (non-hydrogen) atoms. The molecule has 1 rings (SSSR count). The van der Waals surface area contributed by atoms with Crippen molar-refractivity contribution in [2.45, 2.75) is 32.4 Å². The fraction of sp³-hybridized carbons (Fsp3) is 0.467. The van der Waals surface area contributed by atoms with Crippen LogP contribution in [0.1, 0.15) is 35.7 Å². The Morgan fingerprint density at radius 1 is 1.15 bits per heavy atom. The number of benzene rings is 1. The molecule has 0 saturated carbocycles. The predicted octanol–water partition coefficient (Wildman–Crippen LogP) is 1.90. The minimum absolute atomic E-state index is 0.252. The van der Waals surface area contributed by atoms with Gasteiger partial charge in [0.15, 0.2) is 0 Å². The van der Waals surface area contributed by atoms with Crippen molar-refractivity contribution in [1.82, 2.24) is 5.32 Å². The van der Waals surface area contributed by atoms with Crippen molar-refractivity contribution in [3.63, 3.8) is 0 Å². The van der Waals surface area contributed by atoms with Crippen molar-refractivity contribution >= 4 is 11.9 Å². The first-order chi connectivity index (χ1) is 9.62. The summed E-state index contributed by atoms with van der Waals surface area (Å²) in [4.78, 5) is 22.9. The lowest BCUT2D eigenvalue weighted by molar-refractivity contribution is -0.143. The molecule has 1 aromatic rings. The highest BCUT2D eigenvalue weighted by molar-refractivity contribution is 5.89. The quantitative estimate of drug-likeness (QED) is 0.772. The van der Waals surface area contributed by atoms with Gasteiger partial charge in [-0.1, -0.05) is 25.5 Å². The number of carbonyl (C=O) groups is 2. The average molecular weight is 279 g/mol. The van der Waals surface area contributed by atoms with Crippen molar-refractivity contribution in [3.8, 4) is 0 Å². The molecular weight excluding hydrogens is 258 g/mol. The molecule has 0 radical (unpaired) electrons. The van der Waals surface area contributed by atoms with Gasteiger partial charge in [0.1, 0.15) is 6.04 Å². The van der Waals surface area contributed by atoms with Gasteiger partial charge in [-0.25, -0.2) is 4.79 Å². The lowest BCUT2D eigenvalue weighted by Crippen LogP contribution is -2.37. The van der Waals surface area contributed by atoms with Crippen LogP contribution in [0.4, 0.5) is 0 Å². The summed E-state index contributed by atoms with van der Waals surface area (Å²) in [5.74, 6) is -0.610. The Morgan fingerprint density at radius 3 is 2.30 bits per heavy atom. The Balaban J connectivity index is 2.59. The fourth-order valence-corrected chi connectivity index (χ4v) is 1.85. The Morgan fingerprint density at radius 2 is 1.80 bits per heavy atom. The minimum Gasteiger partial charge on any atom is -0.468 e. The van der Waals surface area contributed by atoms with Gasteiger partial charge in [-0.3, -0.25) is 4.79 Å². The molecule has 0 spiro atoms. The summed E-state index contributed by atoms with van der Waals surface area (Å²) in [6.07, 6.45) is 1.63. The second-order valence-corrected chi connectivity index (χ2v) is 4.43. The number of carbonyl (C=O) groups excluding carboxylic acids is 2. The monoisotopic (exact) mass is 279 g/mol. The number of hydrogen-bond donors (Lipinski definition) is 1. The van der Waals surface area contributed by atoms with Crippen molar-refractivity contribution in [2.24, 2.45) is 0 Å². The zero-order chi connectivity index (χ0) is 15.0. The highest BCUT2D eigenvalue weighted by atomic mass is 16.5. The van der Waals surface area contributed by atoms with Crippen LogP contribution in [-0.4, -0.2) is 32.2 Å². The molecular formula is C15H21NO4. The molecule has 1 N–H and O–H groups in total.